The monoisotopic (exact) mass is 509 g/mol. The van der Waals surface area contributed by atoms with Crippen LogP contribution >= 0.6 is 0 Å². The minimum atomic E-state index is -4.66. The summed E-state index contributed by atoms with van der Waals surface area (Å²) in [5.74, 6) is -1.89. The molecule has 0 unspecified atom stereocenters. The normalized spacial score (nSPS) is 16.0. The van der Waals surface area contributed by atoms with Crippen LogP contribution in [-0.2, 0) is 15.8 Å². The van der Waals surface area contributed by atoms with Gasteiger partial charge >= 0.3 is 6.18 Å². The fraction of sp³-hybridized carbons (Fsp3) is 0.143. The number of hydrogen-bond acceptors (Lipinski definition) is 5. The van der Waals surface area contributed by atoms with Gasteiger partial charge in [-0.3, -0.25) is 14.5 Å². The summed E-state index contributed by atoms with van der Waals surface area (Å²) >= 11 is 0. The summed E-state index contributed by atoms with van der Waals surface area (Å²) in [5.41, 5.74) is -0.364. The van der Waals surface area contributed by atoms with Gasteiger partial charge in [-0.25, -0.2) is 0 Å². The zero-order valence-electron chi connectivity index (χ0n) is 19.8. The van der Waals surface area contributed by atoms with Crippen LogP contribution in [0.25, 0.3) is 6.08 Å². The Labute approximate surface area is 210 Å². The van der Waals surface area contributed by atoms with Gasteiger partial charge in [0.2, 0.25) is 0 Å². The topological polar surface area (TPSA) is 76.1 Å². The number of benzene rings is 3. The molecule has 3 aromatic carbocycles. The molecule has 0 fully saturated rings. The first-order valence-electron chi connectivity index (χ1n) is 11.1. The van der Waals surface area contributed by atoms with Gasteiger partial charge in [-0.1, -0.05) is 48.5 Å². The van der Waals surface area contributed by atoms with Crippen LogP contribution in [0.2, 0.25) is 0 Å². The molecule has 0 saturated heterocycles. The number of halogens is 3. The number of allylic oxidation sites excluding steroid dienone is 1. The summed E-state index contributed by atoms with van der Waals surface area (Å²) in [6.45, 7) is 0. The number of rotatable bonds is 7. The van der Waals surface area contributed by atoms with Gasteiger partial charge in [0.15, 0.2) is 23.0 Å². The predicted octanol–water partition coefficient (Wildman–Crippen LogP) is 5.91. The number of ether oxygens (including phenoxy) is 2. The number of carbonyl (C=O) groups is 2. The molecule has 0 radical (unpaired) electrons. The van der Waals surface area contributed by atoms with Crippen LogP contribution in [0.1, 0.15) is 22.7 Å². The number of amides is 1. The average molecular weight is 509 g/mol. The van der Waals surface area contributed by atoms with Crippen molar-refractivity contribution < 1.29 is 37.3 Å². The Bertz CT molecular complexity index is 1400. The number of methoxy groups -OCH3 is 2. The Morgan fingerprint density at radius 3 is 2.30 bits per heavy atom. The fourth-order valence-corrected chi connectivity index (χ4v) is 4.12. The van der Waals surface area contributed by atoms with Crippen molar-refractivity contribution in [3.63, 3.8) is 0 Å². The lowest BCUT2D eigenvalue weighted by Gasteiger charge is -2.27. The third-order valence-electron chi connectivity index (χ3n) is 5.88. The van der Waals surface area contributed by atoms with E-state index in [0.717, 1.165) is 23.1 Å². The molecule has 0 bridgehead atoms. The van der Waals surface area contributed by atoms with Crippen LogP contribution in [0.5, 0.6) is 11.5 Å². The maximum atomic E-state index is 13.4. The summed E-state index contributed by atoms with van der Waals surface area (Å²) in [6.07, 6.45) is -1.94. The first-order chi connectivity index (χ1) is 17.7. The van der Waals surface area contributed by atoms with Crippen molar-refractivity contribution in [2.45, 2.75) is 12.2 Å². The van der Waals surface area contributed by atoms with Crippen molar-refractivity contribution in [3.8, 4) is 11.5 Å². The minimum absolute atomic E-state index is 0.138. The van der Waals surface area contributed by atoms with E-state index in [9.17, 15) is 27.9 Å². The number of hydrogen-bond donors (Lipinski definition) is 1. The number of anilines is 1. The standard InChI is InChI=1S/C28H22F3NO5/c1-36-22-14-12-18(15-23(22)37-2)25-24(21(33)13-11-17-7-4-3-5-8-17)26(34)27(35)32(25)20-10-6-9-19(16-20)28(29,30)31/h3-16,25,34H,1-2H3/b13-11+/t25-/m0/s1. The van der Waals surface area contributed by atoms with Crippen molar-refractivity contribution in [2.75, 3.05) is 19.1 Å². The summed E-state index contributed by atoms with van der Waals surface area (Å²) < 4.78 is 50.9. The van der Waals surface area contributed by atoms with Crippen molar-refractivity contribution >= 4 is 23.5 Å². The van der Waals surface area contributed by atoms with E-state index < -0.39 is 35.2 Å². The zero-order chi connectivity index (χ0) is 26.7. The second-order valence-electron chi connectivity index (χ2n) is 8.11. The van der Waals surface area contributed by atoms with E-state index >= 15 is 0 Å². The van der Waals surface area contributed by atoms with E-state index in [1.807, 2.05) is 6.07 Å². The molecule has 1 aliphatic heterocycles. The quantitative estimate of drug-likeness (QED) is 0.401. The Morgan fingerprint density at radius 1 is 0.946 bits per heavy atom. The number of ketones is 1. The smallest absolute Gasteiger partial charge is 0.416 e. The summed E-state index contributed by atoms with van der Waals surface area (Å²) in [5, 5.41) is 10.8. The Hall–Kier alpha value is -4.53. The molecule has 6 nitrogen and oxygen atoms in total. The second kappa shape index (κ2) is 10.2. The molecule has 9 heteroatoms. The van der Waals surface area contributed by atoms with Crippen molar-refractivity contribution in [1.82, 2.24) is 0 Å². The Balaban J connectivity index is 1.85. The summed E-state index contributed by atoms with van der Waals surface area (Å²) in [7, 11) is 2.83. The van der Waals surface area contributed by atoms with Crippen LogP contribution in [0, 0.1) is 0 Å². The van der Waals surface area contributed by atoms with E-state index in [1.54, 1.807) is 36.4 Å². The highest BCUT2D eigenvalue weighted by Gasteiger charge is 2.44. The molecule has 4 rings (SSSR count). The number of carbonyl (C=O) groups excluding carboxylic acids is 2. The minimum Gasteiger partial charge on any atom is -0.503 e. The van der Waals surface area contributed by atoms with E-state index in [-0.39, 0.29) is 17.0 Å². The van der Waals surface area contributed by atoms with Gasteiger partial charge in [-0.05, 0) is 47.5 Å². The Morgan fingerprint density at radius 2 is 1.65 bits per heavy atom. The molecule has 0 aromatic heterocycles. The molecule has 190 valence electrons. The van der Waals surface area contributed by atoms with Gasteiger partial charge in [-0.2, -0.15) is 13.2 Å². The van der Waals surface area contributed by atoms with E-state index in [4.69, 9.17) is 9.47 Å². The molecular formula is C28H22F3NO5. The van der Waals surface area contributed by atoms with Gasteiger partial charge in [0.25, 0.3) is 5.91 Å². The second-order valence-corrected chi connectivity index (χ2v) is 8.11. The van der Waals surface area contributed by atoms with E-state index in [2.05, 4.69) is 0 Å². The lowest BCUT2D eigenvalue weighted by molar-refractivity contribution is -0.137. The van der Waals surface area contributed by atoms with Crippen LogP contribution in [0.15, 0.2) is 90.2 Å². The number of aliphatic hydroxyl groups is 1. The lowest BCUT2D eigenvalue weighted by atomic mass is 9.94. The van der Waals surface area contributed by atoms with Gasteiger partial charge in [0.1, 0.15) is 0 Å². The highest BCUT2D eigenvalue weighted by molar-refractivity contribution is 6.19. The molecule has 1 aliphatic rings. The molecule has 1 atom stereocenters. The Kier molecular flexibility index (Phi) is 7.06. The van der Waals surface area contributed by atoms with Crippen LogP contribution < -0.4 is 14.4 Å². The zero-order valence-corrected chi connectivity index (χ0v) is 19.8. The average Bonchev–Trinajstić information content (AvgIpc) is 3.17. The van der Waals surface area contributed by atoms with E-state index in [0.29, 0.717) is 16.9 Å². The van der Waals surface area contributed by atoms with E-state index in [1.165, 1.54) is 38.5 Å². The third kappa shape index (κ3) is 5.06. The first kappa shape index (κ1) is 25.6. The largest absolute Gasteiger partial charge is 0.503 e. The molecule has 1 N–H and O–H groups in total. The maximum Gasteiger partial charge on any atom is 0.416 e. The van der Waals surface area contributed by atoms with Crippen molar-refractivity contribution in [1.29, 1.82) is 0 Å². The summed E-state index contributed by atoms with van der Waals surface area (Å²) in [4.78, 5) is 27.5. The molecule has 0 saturated carbocycles. The number of nitrogens with zero attached hydrogens (tertiary/aromatic N) is 1. The molecule has 3 aromatic rings. The molecule has 1 heterocycles. The summed E-state index contributed by atoms with van der Waals surface area (Å²) in [6, 6.07) is 16.4. The fourth-order valence-electron chi connectivity index (χ4n) is 4.12. The predicted molar refractivity (Wildman–Crippen MR) is 131 cm³/mol. The third-order valence-corrected chi connectivity index (χ3v) is 5.88. The highest BCUT2D eigenvalue weighted by atomic mass is 19.4. The lowest BCUT2D eigenvalue weighted by Crippen LogP contribution is -2.31. The van der Waals surface area contributed by atoms with Gasteiger partial charge in [-0.15, -0.1) is 0 Å². The molecule has 1 amide bonds. The molecule has 0 spiro atoms. The van der Waals surface area contributed by atoms with Gasteiger partial charge in [0.05, 0.1) is 31.4 Å². The van der Waals surface area contributed by atoms with Gasteiger partial charge in [0, 0.05) is 5.69 Å². The first-order valence-corrected chi connectivity index (χ1v) is 11.1. The molecular weight excluding hydrogens is 487 g/mol. The van der Waals surface area contributed by atoms with Crippen LogP contribution in [0.4, 0.5) is 18.9 Å². The van der Waals surface area contributed by atoms with Crippen molar-refractivity contribution in [3.05, 3.63) is 107 Å². The SMILES string of the molecule is COc1ccc([C@H]2C(C(=O)/C=C/c3ccccc3)=C(O)C(=O)N2c2cccc(C(F)(F)F)c2)cc1OC. The molecule has 0 aliphatic carbocycles. The highest BCUT2D eigenvalue weighted by Crippen LogP contribution is 2.44. The van der Waals surface area contributed by atoms with Crippen LogP contribution in [0.3, 0.4) is 0 Å². The number of aliphatic hydroxyl groups excluding tert-OH is 1. The molecule has 37 heavy (non-hydrogen) atoms. The van der Waals surface area contributed by atoms with Crippen LogP contribution in [-0.4, -0.2) is 31.0 Å². The van der Waals surface area contributed by atoms with Crippen molar-refractivity contribution in [2.24, 2.45) is 0 Å². The van der Waals surface area contributed by atoms with Gasteiger partial charge < -0.3 is 14.6 Å². The maximum absolute atomic E-state index is 13.4. The number of alkyl halides is 3.